The van der Waals surface area contributed by atoms with Gasteiger partial charge in [-0.3, -0.25) is 4.90 Å². The highest BCUT2D eigenvalue weighted by Gasteiger charge is 2.23. The molecule has 0 N–H and O–H groups in total. The number of aromatic nitrogens is 2. The molecule has 0 saturated carbocycles. The molecule has 0 aliphatic carbocycles. The average molecular weight is 482 g/mol. The molecule has 0 spiro atoms. The summed E-state index contributed by atoms with van der Waals surface area (Å²) in [5.41, 5.74) is 4.79. The molecule has 2 aliphatic heterocycles. The Morgan fingerprint density at radius 3 is 2.48 bits per heavy atom. The summed E-state index contributed by atoms with van der Waals surface area (Å²) in [5, 5.41) is 0. The molecule has 0 amide bonds. The summed E-state index contributed by atoms with van der Waals surface area (Å²) in [5.74, 6) is 0.637. The van der Waals surface area contributed by atoms with Gasteiger partial charge in [0.05, 0.1) is 5.69 Å². The predicted octanol–water partition coefficient (Wildman–Crippen LogP) is 4.26. The molecule has 1 fully saturated rings. The largest absolute Gasteiger partial charge is 0.368 e. The molecule has 3 heterocycles. The molecule has 1 aromatic heterocycles. The van der Waals surface area contributed by atoms with E-state index in [9.17, 15) is 4.39 Å². The van der Waals surface area contributed by atoms with Crippen molar-refractivity contribution in [1.82, 2.24) is 14.9 Å². The normalized spacial score (nSPS) is 17.0. The number of nitrogens with zero attached hydrogens (tertiary/aromatic N) is 5. The van der Waals surface area contributed by atoms with Crippen LogP contribution in [0.15, 0.2) is 59.2 Å². The molecule has 2 aliphatic rings. The van der Waals surface area contributed by atoms with Gasteiger partial charge in [-0.05, 0) is 42.0 Å². The summed E-state index contributed by atoms with van der Waals surface area (Å²) < 4.78 is 14.3. The Kier molecular flexibility index (Phi) is 5.87. The third-order valence-electron chi connectivity index (χ3n) is 6.05. The Labute approximate surface area is 190 Å². The van der Waals surface area contributed by atoms with Gasteiger partial charge in [0.2, 0.25) is 5.95 Å². The second-order valence-corrected chi connectivity index (χ2v) is 9.10. The van der Waals surface area contributed by atoms with Gasteiger partial charge in [-0.2, -0.15) is 0 Å². The van der Waals surface area contributed by atoms with E-state index in [0.717, 1.165) is 68.3 Å². The van der Waals surface area contributed by atoms with Crippen LogP contribution in [0.3, 0.4) is 0 Å². The Bertz CT molecular complexity index is 1050. The van der Waals surface area contributed by atoms with Crippen LogP contribution in [-0.2, 0) is 19.5 Å². The fourth-order valence-corrected chi connectivity index (χ4v) is 4.81. The molecule has 7 heteroatoms. The van der Waals surface area contributed by atoms with Crippen LogP contribution in [0.4, 0.5) is 16.0 Å². The number of benzene rings is 2. The number of fused-ring (bicyclic) bond motifs is 1. The molecule has 0 bridgehead atoms. The van der Waals surface area contributed by atoms with Crippen molar-refractivity contribution >= 4 is 27.6 Å². The molecule has 3 aromatic rings. The third kappa shape index (κ3) is 4.72. The minimum atomic E-state index is -0.194. The Hall–Kier alpha value is -2.51. The molecule has 5 rings (SSSR count). The molecule has 0 atom stereocenters. The van der Waals surface area contributed by atoms with Crippen molar-refractivity contribution < 1.29 is 4.39 Å². The van der Waals surface area contributed by atoms with Gasteiger partial charge < -0.3 is 9.80 Å². The Morgan fingerprint density at radius 1 is 0.935 bits per heavy atom. The minimum absolute atomic E-state index is 0.194. The lowest BCUT2D eigenvalue weighted by molar-refractivity contribution is 0.243. The van der Waals surface area contributed by atoms with Crippen molar-refractivity contribution in [2.24, 2.45) is 0 Å². The molecule has 5 nitrogen and oxygen atoms in total. The standard InChI is InChI=1S/C24H25BrFN5/c25-20-3-1-2-18(14-20)16-29-9-8-23-19(17-29)15-27-24(28-23)31-12-10-30(11-13-31)22-6-4-21(26)5-7-22/h1-7,14-15H,8-13,16-17H2. The maximum Gasteiger partial charge on any atom is 0.225 e. The van der Waals surface area contributed by atoms with E-state index in [-0.39, 0.29) is 5.82 Å². The summed E-state index contributed by atoms with van der Waals surface area (Å²) in [4.78, 5) is 16.6. The van der Waals surface area contributed by atoms with Gasteiger partial charge >= 0.3 is 0 Å². The highest BCUT2D eigenvalue weighted by Crippen LogP contribution is 2.23. The fraction of sp³-hybridized carbons (Fsp3) is 0.333. The smallest absolute Gasteiger partial charge is 0.225 e. The van der Waals surface area contributed by atoms with E-state index in [0.29, 0.717) is 0 Å². The minimum Gasteiger partial charge on any atom is -0.368 e. The second-order valence-electron chi connectivity index (χ2n) is 8.18. The Balaban J connectivity index is 1.21. The van der Waals surface area contributed by atoms with E-state index in [1.54, 1.807) is 0 Å². The van der Waals surface area contributed by atoms with Gasteiger partial charge in [0.1, 0.15) is 5.82 Å². The first-order chi connectivity index (χ1) is 15.1. The summed E-state index contributed by atoms with van der Waals surface area (Å²) in [6.07, 6.45) is 2.96. The number of hydrogen-bond donors (Lipinski definition) is 0. The quantitative estimate of drug-likeness (QED) is 0.556. The summed E-state index contributed by atoms with van der Waals surface area (Å²) >= 11 is 3.56. The number of rotatable bonds is 4. The summed E-state index contributed by atoms with van der Waals surface area (Å²) in [6, 6.07) is 15.2. The van der Waals surface area contributed by atoms with Gasteiger partial charge in [-0.25, -0.2) is 14.4 Å². The van der Waals surface area contributed by atoms with Crippen LogP contribution in [-0.4, -0.2) is 47.6 Å². The molecular weight excluding hydrogens is 457 g/mol. The number of hydrogen-bond acceptors (Lipinski definition) is 5. The highest BCUT2D eigenvalue weighted by atomic mass is 79.9. The average Bonchev–Trinajstić information content (AvgIpc) is 2.79. The summed E-state index contributed by atoms with van der Waals surface area (Å²) in [6.45, 7) is 6.33. The fourth-order valence-electron chi connectivity index (χ4n) is 4.36. The first kappa shape index (κ1) is 20.4. The zero-order valence-corrected chi connectivity index (χ0v) is 18.9. The number of anilines is 2. The Morgan fingerprint density at radius 2 is 1.71 bits per heavy atom. The first-order valence-corrected chi connectivity index (χ1v) is 11.5. The van der Waals surface area contributed by atoms with Crippen molar-refractivity contribution in [3.63, 3.8) is 0 Å². The van der Waals surface area contributed by atoms with Crippen LogP contribution in [0, 0.1) is 5.82 Å². The van der Waals surface area contributed by atoms with Crippen LogP contribution in [0.5, 0.6) is 0 Å². The van der Waals surface area contributed by atoms with Crippen LogP contribution in [0.2, 0.25) is 0 Å². The van der Waals surface area contributed by atoms with E-state index in [4.69, 9.17) is 9.97 Å². The highest BCUT2D eigenvalue weighted by molar-refractivity contribution is 9.10. The monoisotopic (exact) mass is 481 g/mol. The molecule has 0 radical (unpaired) electrons. The van der Waals surface area contributed by atoms with Crippen molar-refractivity contribution in [3.8, 4) is 0 Å². The first-order valence-electron chi connectivity index (χ1n) is 10.7. The van der Waals surface area contributed by atoms with Crippen LogP contribution >= 0.6 is 15.9 Å². The lowest BCUT2D eigenvalue weighted by Gasteiger charge is -2.36. The maximum absolute atomic E-state index is 13.2. The van der Waals surface area contributed by atoms with Crippen LogP contribution < -0.4 is 9.80 Å². The van der Waals surface area contributed by atoms with Crippen molar-refractivity contribution in [2.45, 2.75) is 19.5 Å². The topological polar surface area (TPSA) is 35.5 Å². The van der Waals surface area contributed by atoms with E-state index in [1.165, 1.54) is 29.0 Å². The zero-order chi connectivity index (χ0) is 21.2. The SMILES string of the molecule is Fc1ccc(N2CCN(c3ncc4c(n3)CCN(Cc3cccc(Br)c3)C4)CC2)cc1. The van der Waals surface area contributed by atoms with Gasteiger partial charge in [-0.15, -0.1) is 0 Å². The van der Waals surface area contributed by atoms with Gasteiger partial charge in [0.25, 0.3) is 0 Å². The van der Waals surface area contributed by atoms with Crippen LogP contribution in [0.1, 0.15) is 16.8 Å². The predicted molar refractivity (Wildman–Crippen MR) is 125 cm³/mol. The third-order valence-corrected chi connectivity index (χ3v) is 6.54. The number of piperazine rings is 1. The van der Waals surface area contributed by atoms with Gasteiger partial charge in [0, 0.05) is 74.2 Å². The molecule has 1 saturated heterocycles. The van der Waals surface area contributed by atoms with Crippen molar-refractivity contribution in [3.05, 3.63) is 81.8 Å². The van der Waals surface area contributed by atoms with Crippen molar-refractivity contribution in [1.29, 1.82) is 0 Å². The molecule has 2 aromatic carbocycles. The van der Waals surface area contributed by atoms with Gasteiger partial charge in [-0.1, -0.05) is 28.1 Å². The lowest BCUT2D eigenvalue weighted by atomic mass is 10.1. The summed E-state index contributed by atoms with van der Waals surface area (Å²) in [7, 11) is 0. The zero-order valence-electron chi connectivity index (χ0n) is 17.3. The van der Waals surface area contributed by atoms with Crippen LogP contribution in [0.25, 0.3) is 0 Å². The lowest BCUT2D eigenvalue weighted by Crippen LogP contribution is -2.47. The molecule has 0 unspecified atom stereocenters. The van der Waals surface area contributed by atoms with E-state index in [1.807, 2.05) is 18.3 Å². The molecule has 160 valence electrons. The van der Waals surface area contributed by atoms with Crippen molar-refractivity contribution in [2.75, 3.05) is 42.5 Å². The van der Waals surface area contributed by atoms with E-state index < -0.39 is 0 Å². The molecular formula is C24H25BrFN5. The van der Waals surface area contributed by atoms with E-state index in [2.05, 4.69) is 54.9 Å². The van der Waals surface area contributed by atoms with E-state index >= 15 is 0 Å². The number of halogens is 2. The molecule has 31 heavy (non-hydrogen) atoms. The van der Waals surface area contributed by atoms with Gasteiger partial charge in [0.15, 0.2) is 0 Å². The second kappa shape index (κ2) is 8.93. The maximum atomic E-state index is 13.2.